The average Bonchev–Trinajstić information content (AvgIpc) is 3.12. The van der Waals surface area contributed by atoms with Crippen molar-refractivity contribution >= 4 is 35.8 Å². The first kappa shape index (κ1) is 21.1. The molecular weight excluding hydrogens is 413 g/mol. The Morgan fingerprint density at radius 3 is 2.55 bits per heavy atom. The summed E-state index contributed by atoms with van der Waals surface area (Å²) in [7, 11) is 0. The number of carbonyl (C=O) groups is 1. The van der Waals surface area contributed by atoms with E-state index >= 15 is 0 Å². The number of H-pyrrole nitrogens is 1. The summed E-state index contributed by atoms with van der Waals surface area (Å²) in [5.74, 6) is 0.219. The van der Waals surface area contributed by atoms with Gasteiger partial charge in [-0.2, -0.15) is 4.98 Å². The van der Waals surface area contributed by atoms with Crippen LogP contribution in [0.25, 0.3) is 12.2 Å². The van der Waals surface area contributed by atoms with Crippen LogP contribution in [0.5, 0.6) is 0 Å². The molecule has 0 bridgehead atoms. The van der Waals surface area contributed by atoms with E-state index in [1.807, 2.05) is 52.1 Å². The topological polar surface area (TPSA) is 57.2 Å². The number of nitrogens with one attached hydrogen (secondary N) is 1. The van der Waals surface area contributed by atoms with Crippen molar-refractivity contribution in [1.29, 1.82) is 0 Å². The van der Waals surface area contributed by atoms with Gasteiger partial charge in [0.15, 0.2) is 5.78 Å². The van der Waals surface area contributed by atoms with Crippen molar-refractivity contribution in [3.63, 3.8) is 0 Å². The van der Waals surface area contributed by atoms with Crippen LogP contribution in [0.3, 0.4) is 0 Å². The fraction of sp³-hybridized carbons (Fsp3) is 0.261. The van der Waals surface area contributed by atoms with E-state index < -0.39 is 0 Å². The molecule has 1 aliphatic heterocycles. The molecule has 1 aromatic heterocycles. The summed E-state index contributed by atoms with van der Waals surface area (Å²) >= 11 is 5.39. The van der Waals surface area contributed by atoms with Crippen molar-refractivity contribution < 1.29 is 9.18 Å². The van der Waals surface area contributed by atoms with Crippen LogP contribution in [0, 0.1) is 10.6 Å². The summed E-state index contributed by atoms with van der Waals surface area (Å²) < 4.78 is 16.8. The first-order valence-electron chi connectivity index (χ1n) is 10.2. The van der Waals surface area contributed by atoms with Crippen molar-refractivity contribution in [3.05, 3.63) is 76.1 Å². The van der Waals surface area contributed by atoms with Crippen molar-refractivity contribution in [3.8, 4) is 0 Å². The highest BCUT2D eigenvalue weighted by atomic mass is 32.1. The molecule has 3 aromatic rings. The Morgan fingerprint density at radius 1 is 1.13 bits per heavy atom. The predicted octanol–water partition coefficient (Wildman–Crippen LogP) is 4.23. The zero-order chi connectivity index (χ0) is 21.8. The minimum atomic E-state index is -0.355. The second-order valence-electron chi connectivity index (χ2n) is 7.53. The van der Waals surface area contributed by atoms with E-state index in [1.165, 1.54) is 13.0 Å². The molecule has 4 rings (SSSR count). The molecule has 0 saturated carbocycles. The van der Waals surface area contributed by atoms with Crippen molar-refractivity contribution in [2.75, 3.05) is 31.1 Å². The number of ketones is 1. The maximum atomic E-state index is 14.4. The molecule has 8 heteroatoms. The molecule has 31 heavy (non-hydrogen) atoms. The fourth-order valence-corrected chi connectivity index (χ4v) is 3.80. The van der Waals surface area contributed by atoms with E-state index in [0.717, 1.165) is 18.7 Å². The number of hydrogen-bond donors (Lipinski definition) is 1. The third-order valence-corrected chi connectivity index (χ3v) is 5.65. The lowest BCUT2D eigenvalue weighted by atomic mass is 10.1. The van der Waals surface area contributed by atoms with E-state index in [4.69, 9.17) is 12.2 Å². The number of Topliss-reactive ketones (excluding diaryl/α,β-unsaturated/α-hetero) is 1. The van der Waals surface area contributed by atoms with E-state index in [-0.39, 0.29) is 11.6 Å². The Morgan fingerprint density at radius 2 is 1.87 bits per heavy atom. The minimum Gasteiger partial charge on any atom is -0.367 e. The van der Waals surface area contributed by atoms with Crippen LogP contribution in [0.4, 0.5) is 10.1 Å². The average molecular weight is 438 g/mol. The monoisotopic (exact) mass is 437 g/mol. The highest BCUT2D eigenvalue weighted by Gasteiger charge is 2.20. The normalized spacial score (nSPS) is 15.0. The summed E-state index contributed by atoms with van der Waals surface area (Å²) in [6.07, 6.45) is 3.90. The number of piperazine rings is 1. The number of benzene rings is 2. The Hall–Kier alpha value is -3.10. The van der Waals surface area contributed by atoms with Gasteiger partial charge in [-0.15, -0.1) is 0 Å². The number of hydrogen-bond acceptors (Lipinski definition) is 5. The molecule has 1 fully saturated rings. The van der Waals surface area contributed by atoms with Gasteiger partial charge in [-0.3, -0.25) is 14.8 Å². The SMILES string of the molecule is CC(=O)c1ccc(N2CCN(Cn3[nH]c(/C=C/c4ccccc4)nc3=S)CC2)c(F)c1. The summed E-state index contributed by atoms with van der Waals surface area (Å²) in [6, 6.07) is 14.7. The number of halogens is 1. The maximum Gasteiger partial charge on any atom is 0.217 e. The van der Waals surface area contributed by atoms with Crippen molar-refractivity contribution in [1.82, 2.24) is 19.7 Å². The lowest BCUT2D eigenvalue weighted by Crippen LogP contribution is -2.47. The van der Waals surface area contributed by atoms with E-state index in [0.29, 0.717) is 41.6 Å². The molecule has 1 aliphatic rings. The lowest BCUT2D eigenvalue weighted by molar-refractivity contribution is 0.101. The number of rotatable bonds is 6. The van der Waals surface area contributed by atoms with Crippen molar-refractivity contribution in [2.45, 2.75) is 13.6 Å². The molecule has 0 aliphatic carbocycles. The largest absolute Gasteiger partial charge is 0.367 e. The quantitative estimate of drug-likeness (QED) is 0.462. The van der Waals surface area contributed by atoms with Gasteiger partial charge in [0.25, 0.3) is 0 Å². The molecule has 0 spiro atoms. The van der Waals surface area contributed by atoms with Crippen molar-refractivity contribution in [2.24, 2.45) is 0 Å². The van der Waals surface area contributed by atoms with Crippen LogP contribution in [-0.2, 0) is 6.67 Å². The molecule has 2 heterocycles. The number of carbonyl (C=O) groups excluding carboxylic acids is 1. The Bertz CT molecular complexity index is 1150. The standard InChI is InChI=1S/C23H24FN5OS/c1-17(30)19-8-9-21(20(24)15-19)28-13-11-27(12-14-28)16-29-23(31)25-22(26-29)10-7-18-5-3-2-4-6-18/h2-10,15H,11-14,16H2,1H3,(H,25,26,31)/b10-7+. The molecule has 1 N–H and O–H groups in total. The predicted molar refractivity (Wildman–Crippen MR) is 123 cm³/mol. The molecular formula is C23H24FN5OS. The highest BCUT2D eigenvalue weighted by Crippen LogP contribution is 2.22. The second-order valence-corrected chi connectivity index (χ2v) is 7.90. The summed E-state index contributed by atoms with van der Waals surface area (Å²) in [4.78, 5) is 20.1. The van der Waals surface area contributed by atoms with Crippen LogP contribution >= 0.6 is 12.2 Å². The first-order chi connectivity index (χ1) is 15.0. The molecule has 0 radical (unpaired) electrons. The third-order valence-electron chi connectivity index (χ3n) is 5.34. The van der Waals surface area contributed by atoms with Gasteiger partial charge in [0.2, 0.25) is 4.77 Å². The van der Waals surface area contributed by atoms with Crippen LogP contribution < -0.4 is 4.90 Å². The molecule has 0 unspecified atom stereocenters. The summed E-state index contributed by atoms with van der Waals surface area (Å²) in [5.41, 5.74) is 2.03. The van der Waals surface area contributed by atoms with Crippen LogP contribution in [-0.4, -0.2) is 51.6 Å². The van der Waals surface area contributed by atoms with Crippen LogP contribution in [0.2, 0.25) is 0 Å². The van der Waals surface area contributed by atoms with Crippen LogP contribution in [0.1, 0.15) is 28.7 Å². The zero-order valence-corrected chi connectivity index (χ0v) is 18.1. The Labute approximate surface area is 185 Å². The molecule has 6 nitrogen and oxygen atoms in total. The molecule has 2 aromatic carbocycles. The molecule has 0 atom stereocenters. The fourth-order valence-electron chi connectivity index (χ4n) is 3.60. The summed E-state index contributed by atoms with van der Waals surface area (Å²) in [6.45, 7) is 4.96. The second kappa shape index (κ2) is 9.36. The smallest absolute Gasteiger partial charge is 0.217 e. The maximum absolute atomic E-state index is 14.4. The van der Waals surface area contributed by atoms with Gasteiger partial charge in [0, 0.05) is 31.7 Å². The first-order valence-corrected chi connectivity index (χ1v) is 10.6. The lowest BCUT2D eigenvalue weighted by Gasteiger charge is -2.36. The van der Waals surface area contributed by atoms with E-state index in [1.54, 1.807) is 12.1 Å². The van der Waals surface area contributed by atoms with Gasteiger partial charge in [-0.1, -0.05) is 36.4 Å². The van der Waals surface area contributed by atoms with E-state index in [9.17, 15) is 9.18 Å². The van der Waals surface area contributed by atoms with Crippen LogP contribution in [0.15, 0.2) is 48.5 Å². The number of nitrogens with zero attached hydrogens (tertiary/aromatic N) is 4. The van der Waals surface area contributed by atoms with Gasteiger partial charge >= 0.3 is 0 Å². The summed E-state index contributed by atoms with van der Waals surface area (Å²) in [5, 5.41) is 3.24. The van der Waals surface area contributed by atoms with Gasteiger partial charge in [0.1, 0.15) is 11.6 Å². The zero-order valence-electron chi connectivity index (χ0n) is 17.3. The third kappa shape index (κ3) is 5.15. The number of aromatic nitrogens is 3. The minimum absolute atomic E-state index is 0.135. The molecule has 160 valence electrons. The molecule has 1 saturated heterocycles. The Balaban J connectivity index is 1.36. The highest BCUT2D eigenvalue weighted by molar-refractivity contribution is 7.71. The Kier molecular flexibility index (Phi) is 6.39. The van der Waals surface area contributed by atoms with E-state index in [2.05, 4.69) is 15.0 Å². The van der Waals surface area contributed by atoms with Gasteiger partial charge in [-0.25, -0.2) is 9.07 Å². The number of anilines is 1. The number of aromatic amines is 1. The molecule has 0 amide bonds. The van der Waals surface area contributed by atoms with Gasteiger partial charge in [-0.05, 0) is 49.0 Å². The van der Waals surface area contributed by atoms with Gasteiger partial charge in [0.05, 0.1) is 12.4 Å². The van der Waals surface area contributed by atoms with Gasteiger partial charge < -0.3 is 4.90 Å².